The number of anilines is 1. The summed E-state index contributed by atoms with van der Waals surface area (Å²) in [6.07, 6.45) is 2.78. The van der Waals surface area contributed by atoms with Crippen molar-refractivity contribution in [1.29, 1.82) is 0 Å². The molecule has 0 aliphatic carbocycles. The number of fused-ring (bicyclic) bond motifs is 1. The molecule has 0 saturated carbocycles. The molecule has 1 N–H and O–H groups in total. The second-order valence-corrected chi connectivity index (χ2v) is 8.54. The van der Waals surface area contributed by atoms with Gasteiger partial charge in [0.15, 0.2) is 0 Å². The lowest BCUT2D eigenvalue weighted by Gasteiger charge is -2.08. The molecule has 4 rings (SSSR count). The van der Waals surface area contributed by atoms with Crippen LogP contribution < -0.4 is 10.9 Å². The smallest absolute Gasteiger partial charge is 0.338 e. The van der Waals surface area contributed by atoms with E-state index in [0.717, 1.165) is 24.3 Å². The number of halogens is 1. The number of aromatic nitrogens is 3. The van der Waals surface area contributed by atoms with Crippen LogP contribution in [0.3, 0.4) is 0 Å². The number of amides is 1. The van der Waals surface area contributed by atoms with Gasteiger partial charge < -0.3 is 10.1 Å². The first-order valence-corrected chi connectivity index (χ1v) is 11.5. The third-order valence-electron chi connectivity index (χ3n) is 4.90. The summed E-state index contributed by atoms with van der Waals surface area (Å²) in [5, 5.41) is 7.79. The average molecular weight is 481 g/mol. The van der Waals surface area contributed by atoms with Crippen molar-refractivity contribution >= 4 is 33.9 Å². The van der Waals surface area contributed by atoms with E-state index in [-0.39, 0.29) is 23.3 Å². The van der Waals surface area contributed by atoms with Gasteiger partial charge in [0.1, 0.15) is 17.4 Å². The van der Waals surface area contributed by atoms with Crippen LogP contribution in [0.4, 0.5) is 10.1 Å². The third kappa shape index (κ3) is 5.52. The second kappa shape index (κ2) is 10.3. The minimum Gasteiger partial charge on any atom is -0.456 e. The number of unbranched alkanes of at least 4 members (excludes halogenated alkanes) is 1. The fraction of sp³-hybridized carbons (Fsp3) is 0.208. The van der Waals surface area contributed by atoms with Crippen molar-refractivity contribution in [2.75, 3.05) is 5.32 Å². The summed E-state index contributed by atoms with van der Waals surface area (Å²) in [6, 6.07) is 12.6. The van der Waals surface area contributed by atoms with Gasteiger partial charge in [-0.1, -0.05) is 30.7 Å². The maximum absolute atomic E-state index is 13.1. The standard InChI is InChI=1S/C24H21FN4O4S/c1-2-3-7-20-28-29-21(30)13-19(27-24(29)34-20)14-33-23(32)16-5-4-6-18(12-16)26-22(31)15-8-10-17(25)11-9-15/h4-6,8-13H,2-3,7,14H2,1H3,(H,26,31). The minimum absolute atomic E-state index is 0.182. The number of carbonyl (C=O) groups is 2. The molecule has 0 aliphatic heterocycles. The molecule has 0 bridgehead atoms. The summed E-state index contributed by atoms with van der Waals surface area (Å²) in [4.78, 5) is 42.0. The highest BCUT2D eigenvalue weighted by atomic mass is 32.1. The molecule has 10 heteroatoms. The molecule has 1 amide bonds. The Morgan fingerprint density at radius 3 is 2.68 bits per heavy atom. The van der Waals surface area contributed by atoms with Crippen molar-refractivity contribution in [3.05, 3.63) is 92.6 Å². The molecule has 2 heterocycles. The van der Waals surface area contributed by atoms with Crippen LogP contribution in [-0.2, 0) is 17.8 Å². The average Bonchev–Trinajstić information content (AvgIpc) is 3.25. The van der Waals surface area contributed by atoms with Gasteiger partial charge in [-0.2, -0.15) is 9.61 Å². The van der Waals surface area contributed by atoms with E-state index in [9.17, 15) is 18.8 Å². The summed E-state index contributed by atoms with van der Waals surface area (Å²) in [7, 11) is 0. The van der Waals surface area contributed by atoms with E-state index in [2.05, 4.69) is 22.3 Å². The highest BCUT2D eigenvalue weighted by Crippen LogP contribution is 2.16. The van der Waals surface area contributed by atoms with Gasteiger partial charge in [-0.3, -0.25) is 9.59 Å². The summed E-state index contributed by atoms with van der Waals surface area (Å²) < 4.78 is 19.6. The Bertz CT molecular complexity index is 1400. The molecule has 0 spiro atoms. The van der Waals surface area contributed by atoms with Gasteiger partial charge in [-0.05, 0) is 48.9 Å². The maximum Gasteiger partial charge on any atom is 0.338 e. The molecule has 0 unspecified atom stereocenters. The molecule has 0 aliphatic rings. The van der Waals surface area contributed by atoms with E-state index < -0.39 is 17.7 Å². The number of ether oxygens (including phenoxy) is 1. The third-order valence-corrected chi connectivity index (χ3v) is 5.87. The van der Waals surface area contributed by atoms with Gasteiger partial charge in [-0.25, -0.2) is 14.2 Å². The molecular formula is C24H21FN4O4S. The van der Waals surface area contributed by atoms with Crippen LogP contribution in [0.15, 0.2) is 59.4 Å². The SMILES string of the molecule is CCCCc1nn2c(=O)cc(COC(=O)c3cccc(NC(=O)c4ccc(F)cc4)c3)nc2s1. The van der Waals surface area contributed by atoms with Gasteiger partial charge in [0.2, 0.25) is 4.96 Å². The highest BCUT2D eigenvalue weighted by molar-refractivity contribution is 7.16. The lowest BCUT2D eigenvalue weighted by Crippen LogP contribution is -2.17. The van der Waals surface area contributed by atoms with Crippen molar-refractivity contribution in [3.63, 3.8) is 0 Å². The number of benzene rings is 2. The van der Waals surface area contributed by atoms with Crippen molar-refractivity contribution in [2.45, 2.75) is 32.8 Å². The minimum atomic E-state index is -0.632. The zero-order valence-corrected chi connectivity index (χ0v) is 19.1. The molecule has 4 aromatic rings. The summed E-state index contributed by atoms with van der Waals surface area (Å²) in [6.45, 7) is 1.90. The normalized spacial score (nSPS) is 10.9. The topological polar surface area (TPSA) is 103 Å². The van der Waals surface area contributed by atoms with Crippen molar-refractivity contribution in [1.82, 2.24) is 14.6 Å². The molecule has 0 radical (unpaired) electrons. The fourth-order valence-corrected chi connectivity index (χ4v) is 4.11. The lowest BCUT2D eigenvalue weighted by molar-refractivity contribution is 0.0467. The van der Waals surface area contributed by atoms with E-state index in [0.29, 0.717) is 16.3 Å². The van der Waals surface area contributed by atoms with Gasteiger partial charge in [-0.15, -0.1) is 0 Å². The fourth-order valence-electron chi connectivity index (χ4n) is 3.15. The molecule has 34 heavy (non-hydrogen) atoms. The van der Waals surface area contributed by atoms with Crippen LogP contribution >= 0.6 is 11.3 Å². The predicted molar refractivity (Wildman–Crippen MR) is 126 cm³/mol. The predicted octanol–water partition coefficient (Wildman–Crippen LogP) is 4.24. The van der Waals surface area contributed by atoms with Gasteiger partial charge >= 0.3 is 5.97 Å². The van der Waals surface area contributed by atoms with Crippen LogP contribution in [0, 0.1) is 5.82 Å². The van der Waals surface area contributed by atoms with Crippen molar-refractivity contribution < 1.29 is 18.7 Å². The van der Waals surface area contributed by atoms with Crippen LogP contribution in [0.2, 0.25) is 0 Å². The second-order valence-electron chi connectivity index (χ2n) is 7.50. The number of nitrogens with one attached hydrogen (secondary N) is 1. The van der Waals surface area contributed by atoms with Crippen LogP contribution in [0.1, 0.15) is 51.2 Å². The van der Waals surface area contributed by atoms with E-state index in [1.807, 2.05) is 0 Å². The summed E-state index contributed by atoms with van der Waals surface area (Å²) in [5.74, 6) is -1.51. The first-order valence-electron chi connectivity index (χ1n) is 10.7. The van der Waals surface area contributed by atoms with Crippen molar-refractivity contribution in [2.24, 2.45) is 0 Å². The zero-order valence-electron chi connectivity index (χ0n) is 18.3. The molecule has 8 nitrogen and oxygen atoms in total. The molecular weight excluding hydrogens is 459 g/mol. The largest absolute Gasteiger partial charge is 0.456 e. The molecule has 174 valence electrons. The number of aryl methyl sites for hydroxylation is 1. The zero-order chi connectivity index (χ0) is 24.1. The number of esters is 1. The first-order chi connectivity index (χ1) is 16.4. The molecule has 0 fully saturated rings. The van der Waals surface area contributed by atoms with Gasteiger partial charge in [0.05, 0.1) is 11.3 Å². The Morgan fingerprint density at radius 1 is 1.12 bits per heavy atom. The summed E-state index contributed by atoms with van der Waals surface area (Å²) >= 11 is 1.34. The number of rotatable bonds is 8. The summed E-state index contributed by atoms with van der Waals surface area (Å²) in [5.41, 5.74) is 0.869. The Labute approximate surface area is 198 Å². The Kier molecular flexibility index (Phi) is 7.07. The Hall–Kier alpha value is -3.92. The lowest BCUT2D eigenvalue weighted by atomic mass is 10.1. The van der Waals surface area contributed by atoms with Crippen molar-refractivity contribution in [3.8, 4) is 0 Å². The quantitative estimate of drug-likeness (QED) is 0.379. The molecule has 0 atom stereocenters. The number of hydrogen-bond acceptors (Lipinski definition) is 7. The van der Waals surface area contributed by atoms with Crippen LogP contribution in [0.25, 0.3) is 4.96 Å². The van der Waals surface area contributed by atoms with E-state index in [1.165, 1.54) is 52.3 Å². The number of nitrogens with zero attached hydrogens (tertiary/aromatic N) is 3. The molecule has 2 aromatic carbocycles. The van der Waals surface area contributed by atoms with E-state index in [4.69, 9.17) is 4.74 Å². The van der Waals surface area contributed by atoms with Gasteiger partial charge in [0.25, 0.3) is 11.5 Å². The maximum atomic E-state index is 13.1. The Balaban J connectivity index is 1.42. The Morgan fingerprint density at radius 2 is 1.91 bits per heavy atom. The number of hydrogen-bond donors (Lipinski definition) is 1. The van der Waals surface area contributed by atoms with Gasteiger partial charge in [0, 0.05) is 23.7 Å². The highest BCUT2D eigenvalue weighted by Gasteiger charge is 2.13. The van der Waals surface area contributed by atoms with E-state index >= 15 is 0 Å². The monoisotopic (exact) mass is 480 g/mol. The van der Waals surface area contributed by atoms with Crippen LogP contribution in [0.5, 0.6) is 0 Å². The first kappa shape index (κ1) is 23.2. The molecule has 2 aromatic heterocycles. The van der Waals surface area contributed by atoms with Crippen LogP contribution in [-0.4, -0.2) is 26.5 Å². The number of carbonyl (C=O) groups excluding carboxylic acids is 2. The van der Waals surface area contributed by atoms with E-state index in [1.54, 1.807) is 18.2 Å². The molecule has 0 saturated heterocycles.